The second-order valence-corrected chi connectivity index (χ2v) is 9.34. The molecule has 1 N–H and O–H groups in total. The van der Waals surface area contributed by atoms with Crippen molar-refractivity contribution in [1.29, 1.82) is 0 Å². The number of benzene rings is 2. The van der Waals surface area contributed by atoms with Gasteiger partial charge in [-0.1, -0.05) is 54.2 Å². The molecule has 0 aliphatic rings. The van der Waals surface area contributed by atoms with E-state index in [4.69, 9.17) is 0 Å². The quantitative estimate of drug-likeness (QED) is 0.332. The van der Waals surface area contributed by atoms with Gasteiger partial charge in [0.1, 0.15) is 10.6 Å². The summed E-state index contributed by atoms with van der Waals surface area (Å²) in [5.41, 5.74) is 2.25. The number of carbonyl (C=O) groups excluding carboxylic acids is 1. The molecule has 5 nitrogen and oxygen atoms in total. The third-order valence-electron chi connectivity index (χ3n) is 4.85. The van der Waals surface area contributed by atoms with Gasteiger partial charge in [-0.3, -0.25) is 9.59 Å². The fraction of sp³-hybridized carbons (Fsp3) is 0.174. The van der Waals surface area contributed by atoms with Crippen molar-refractivity contribution in [2.45, 2.75) is 23.9 Å². The number of carbonyl (C=O) groups is 1. The van der Waals surface area contributed by atoms with Crippen molar-refractivity contribution in [3.8, 4) is 11.1 Å². The summed E-state index contributed by atoms with van der Waals surface area (Å²) < 4.78 is 13.2. The first kappa shape index (κ1) is 21.3. The van der Waals surface area contributed by atoms with Gasteiger partial charge in [-0.15, -0.1) is 11.3 Å². The summed E-state index contributed by atoms with van der Waals surface area (Å²) in [5.74, 6) is -0.375. The standard InChI is InChI=1S/C23H20FN3O2S2/c1-14(22(29)27(2)12-15-6-4-3-5-7-15)31-23-25-20(28)19-18(13-30-21(19)26-23)16-8-10-17(24)11-9-16/h3-11,13-14H,12H2,1-2H3,(H,25,26,28)/t14-/m0/s1. The predicted molar refractivity (Wildman–Crippen MR) is 124 cm³/mol. The number of aromatic amines is 1. The molecule has 0 spiro atoms. The Labute approximate surface area is 187 Å². The minimum atomic E-state index is -0.411. The SMILES string of the molecule is C[C@H](Sc1nc2scc(-c3ccc(F)cc3)c2c(=O)[nH]1)C(=O)N(C)Cc1ccccc1. The summed E-state index contributed by atoms with van der Waals surface area (Å²) in [5, 5.41) is 2.31. The molecule has 0 aliphatic carbocycles. The minimum Gasteiger partial charge on any atom is -0.340 e. The van der Waals surface area contributed by atoms with E-state index in [1.165, 1.54) is 35.2 Å². The largest absolute Gasteiger partial charge is 0.340 e. The number of hydrogen-bond donors (Lipinski definition) is 1. The molecule has 0 unspecified atom stereocenters. The molecule has 0 fully saturated rings. The van der Waals surface area contributed by atoms with E-state index >= 15 is 0 Å². The fourth-order valence-electron chi connectivity index (χ4n) is 3.29. The molecule has 2 aromatic heterocycles. The van der Waals surface area contributed by atoms with Crippen molar-refractivity contribution in [3.63, 3.8) is 0 Å². The molecule has 0 aliphatic heterocycles. The second kappa shape index (κ2) is 9.03. The zero-order chi connectivity index (χ0) is 22.0. The molecule has 0 radical (unpaired) electrons. The average molecular weight is 454 g/mol. The highest BCUT2D eigenvalue weighted by atomic mass is 32.2. The maximum Gasteiger partial charge on any atom is 0.260 e. The number of fused-ring (bicyclic) bond motifs is 1. The highest BCUT2D eigenvalue weighted by Crippen LogP contribution is 2.32. The van der Waals surface area contributed by atoms with Gasteiger partial charge in [0.05, 0.1) is 10.6 Å². The molecule has 2 heterocycles. The van der Waals surface area contributed by atoms with E-state index in [2.05, 4.69) is 9.97 Å². The molecule has 4 rings (SSSR count). The van der Waals surface area contributed by atoms with E-state index in [-0.39, 0.29) is 17.3 Å². The Balaban J connectivity index is 1.53. The molecule has 4 aromatic rings. The topological polar surface area (TPSA) is 66.1 Å². The van der Waals surface area contributed by atoms with Gasteiger partial charge in [0.25, 0.3) is 5.56 Å². The number of rotatable bonds is 6. The van der Waals surface area contributed by atoms with Crippen LogP contribution in [0.1, 0.15) is 12.5 Å². The Morgan fingerprint density at radius 2 is 1.90 bits per heavy atom. The van der Waals surface area contributed by atoms with Gasteiger partial charge in [-0.25, -0.2) is 9.37 Å². The van der Waals surface area contributed by atoms with E-state index in [0.717, 1.165) is 16.7 Å². The van der Waals surface area contributed by atoms with Crippen LogP contribution in [-0.2, 0) is 11.3 Å². The second-order valence-electron chi connectivity index (χ2n) is 7.15. The lowest BCUT2D eigenvalue weighted by Gasteiger charge is -2.21. The number of H-pyrrole nitrogens is 1. The van der Waals surface area contributed by atoms with Crippen molar-refractivity contribution < 1.29 is 9.18 Å². The number of nitrogens with one attached hydrogen (secondary N) is 1. The number of thiophene rings is 1. The Kier molecular flexibility index (Phi) is 6.20. The fourth-order valence-corrected chi connectivity index (χ4v) is 5.21. The van der Waals surface area contributed by atoms with Gasteiger partial charge in [-0.05, 0) is 30.2 Å². The Morgan fingerprint density at radius 1 is 1.19 bits per heavy atom. The van der Waals surface area contributed by atoms with Crippen LogP contribution in [0, 0.1) is 5.82 Å². The summed E-state index contributed by atoms with van der Waals surface area (Å²) in [6, 6.07) is 15.8. The van der Waals surface area contributed by atoms with Crippen molar-refractivity contribution in [2.24, 2.45) is 0 Å². The number of nitrogens with zero attached hydrogens (tertiary/aromatic N) is 2. The van der Waals surface area contributed by atoms with Crippen LogP contribution < -0.4 is 5.56 Å². The molecular formula is C23H20FN3O2S2. The Hall–Kier alpha value is -2.97. The number of halogens is 1. The van der Waals surface area contributed by atoms with Crippen LogP contribution in [-0.4, -0.2) is 33.1 Å². The number of aromatic nitrogens is 2. The van der Waals surface area contributed by atoms with Gasteiger partial charge < -0.3 is 9.88 Å². The van der Waals surface area contributed by atoms with Crippen molar-refractivity contribution in [2.75, 3.05) is 7.05 Å². The van der Waals surface area contributed by atoms with Crippen LogP contribution in [0.15, 0.2) is 69.9 Å². The van der Waals surface area contributed by atoms with E-state index in [1.807, 2.05) is 35.7 Å². The Morgan fingerprint density at radius 3 is 2.61 bits per heavy atom. The van der Waals surface area contributed by atoms with Crippen molar-refractivity contribution in [1.82, 2.24) is 14.9 Å². The van der Waals surface area contributed by atoms with E-state index in [1.54, 1.807) is 31.0 Å². The highest BCUT2D eigenvalue weighted by molar-refractivity contribution is 8.00. The molecule has 31 heavy (non-hydrogen) atoms. The summed E-state index contributed by atoms with van der Waals surface area (Å²) >= 11 is 2.58. The lowest BCUT2D eigenvalue weighted by molar-refractivity contribution is -0.129. The van der Waals surface area contributed by atoms with Crippen molar-refractivity contribution in [3.05, 3.63) is 81.7 Å². The van der Waals surface area contributed by atoms with E-state index < -0.39 is 5.25 Å². The smallest absolute Gasteiger partial charge is 0.260 e. The number of amides is 1. The molecule has 1 atom stereocenters. The average Bonchev–Trinajstić information content (AvgIpc) is 3.19. The zero-order valence-corrected chi connectivity index (χ0v) is 18.6. The van der Waals surface area contributed by atoms with Gasteiger partial charge in [-0.2, -0.15) is 0 Å². The van der Waals surface area contributed by atoms with E-state index in [9.17, 15) is 14.0 Å². The first-order valence-electron chi connectivity index (χ1n) is 9.65. The lowest BCUT2D eigenvalue weighted by atomic mass is 10.1. The van der Waals surface area contributed by atoms with Crippen LogP contribution in [0.4, 0.5) is 4.39 Å². The van der Waals surface area contributed by atoms with Crippen LogP contribution in [0.25, 0.3) is 21.3 Å². The summed E-state index contributed by atoms with van der Waals surface area (Å²) in [6.45, 7) is 2.32. The molecule has 2 aromatic carbocycles. The van der Waals surface area contributed by atoms with Gasteiger partial charge in [0, 0.05) is 24.5 Å². The van der Waals surface area contributed by atoms with Crippen LogP contribution >= 0.6 is 23.1 Å². The van der Waals surface area contributed by atoms with Crippen molar-refractivity contribution >= 4 is 39.2 Å². The third kappa shape index (κ3) is 4.70. The molecular weight excluding hydrogens is 433 g/mol. The van der Waals surface area contributed by atoms with Crippen LogP contribution in [0.2, 0.25) is 0 Å². The van der Waals surface area contributed by atoms with Gasteiger partial charge >= 0.3 is 0 Å². The molecule has 0 bridgehead atoms. The maximum atomic E-state index is 13.2. The number of thioether (sulfide) groups is 1. The molecule has 8 heteroatoms. The molecule has 0 saturated heterocycles. The summed E-state index contributed by atoms with van der Waals surface area (Å²) in [4.78, 5) is 35.1. The van der Waals surface area contributed by atoms with Crippen LogP contribution in [0.3, 0.4) is 0 Å². The summed E-state index contributed by atoms with van der Waals surface area (Å²) in [6.07, 6.45) is 0. The number of hydrogen-bond acceptors (Lipinski definition) is 5. The first-order valence-corrected chi connectivity index (χ1v) is 11.4. The van der Waals surface area contributed by atoms with Crippen LogP contribution in [0.5, 0.6) is 0 Å². The molecule has 158 valence electrons. The third-order valence-corrected chi connectivity index (χ3v) is 6.70. The Bertz CT molecular complexity index is 1270. The van der Waals surface area contributed by atoms with Gasteiger partial charge in [0.15, 0.2) is 5.16 Å². The lowest BCUT2D eigenvalue weighted by Crippen LogP contribution is -2.33. The van der Waals surface area contributed by atoms with Gasteiger partial charge in [0.2, 0.25) is 5.91 Å². The molecule has 0 saturated carbocycles. The van der Waals surface area contributed by atoms with E-state index in [0.29, 0.717) is 21.9 Å². The monoisotopic (exact) mass is 453 g/mol. The summed E-state index contributed by atoms with van der Waals surface area (Å²) in [7, 11) is 1.76. The highest BCUT2D eigenvalue weighted by Gasteiger charge is 2.21. The first-order chi connectivity index (χ1) is 14.9. The minimum absolute atomic E-state index is 0.0465. The normalized spacial score (nSPS) is 12.1. The zero-order valence-electron chi connectivity index (χ0n) is 17.0. The molecule has 1 amide bonds. The predicted octanol–water partition coefficient (Wildman–Crippen LogP) is 4.93. The maximum absolute atomic E-state index is 13.2.